The van der Waals surface area contributed by atoms with E-state index in [1.807, 2.05) is 37.3 Å². The van der Waals surface area contributed by atoms with Crippen LogP contribution in [0, 0.1) is 6.92 Å². The van der Waals surface area contributed by atoms with Gasteiger partial charge < -0.3 is 15.4 Å². The fourth-order valence-corrected chi connectivity index (χ4v) is 5.98. The topological polar surface area (TPSA) is 126 Å². The van der Waals surface area contributed by atoms with Crippen molar-refractivity contribution in [3.63, 3.8) is 0 Å². The third kappa shape index (κ3) is 4.61. The van der Waals surface area contributed by atoms with Crippen molar-refractivity contribution in [2.45, 2.75) is 39.2 Å². The molecule has 0 bridgehead atoms. The second kappa shape index (κ2) is 9.91. The van der Waals surface area contributed by atoms with E-state index in [4.69, 9.17) is 4.74 Å². The number of para-hydroxylation sites is 1. The molecule has 1 aliphatic heterocycles. The molecule has 11 heteroatoms. The molecule has 0 spiro atoms. The van der Waals surface area contributed by atoms with E-state index in [1.165, 1.54) is 23.2 Å². The van der Waals surface area contributed by atoms with E-state index in [2.05, 4.69) is 25.6 Å². The number of anilines is 3. The Balaban J connectivity index is 1.33. The number of carbonyl (C=O) groups is 3. The molecule has 0 unspecified atom stereocenters. The van der Waals surface area contributed by atoms with Gasteiger partial charge in [0.15, 0.2) is 0 Å². The SMILES string of the molecule is CC(=O)N=C1CCC[C@H]1NC(=O)c1sc2nccc3c2c1NC(=O)N3c1ccc(Oc2ccccc2)nc1C. The molecule has 196 valence electrons. The van der Waals surface area contributed by atoms with Crippen LogP contribution in [-0.2, 0) is 4.79 Å². The van der Waals surface area contributed by atoms with Crippen LogP contribution in [0.4, 0.5) is 21.9 Å². The van der Waals surface area contributed by atoms with Crippen molar-refractivity contribution in [3.05, 3.63) is 65.3 Å². The van der Waals surface area contributed by atoms with Gasteiger partial charge in [-0.15, -0.1) is 11.3 Å². The molecular formula is C28H24N6O4S. The summed E-state index contributed by atoms with van der Waals surface area (Å²) >= 11 is 1.21. The van der Waals surface area contributed by atoms with Crippen LogP contribution in [0.3, 0.4) is 0 Å². The zero-order valence-corrected chi connectivity index (χ0v) is 22.0. The Hall–Kier alpha value is -4.64. The van der Waals surface area contributed by atoms with E-state index in [-0.39, 0.29) is 17.9 Å². The first-order valence-corrected chi connectivity index (χ1v) is 13.3. The number of thiophene rings is 1. The lowest BCUT2D eigenvalue weighted by molar-refractivity contribution is -0.115. The summed E-state index contributed by atoms with van der Waals surface area (Å²) in [7, 11) is 0. The van der Waals surface area contributed by atoms with Crippen LogP contribution in [0.2, 0.25) is 0 Å². The summed E-state index contributed by atoms with van der Waals surface area (Å²) in [6, 6.07) is 13.9. The molecule has 1 saturated carbocycles. The first-order chi connectivity index (χ1) is 18.9. The standard InChI is InChI=1S/C28H24N6O4S/c1-15-20(11-12-22(30-15)38-17-7-4-3-5-8-17)34-21-13-14-29-27-23(21)24(33-28(34)37)25(39-27)26(36)32-19-10-6-9-18(19)31-16(2)35/h3-5,7-8,11-14,19H,6,9-10H2,1-2H3,(H,32,36)(H,33,37)/t19-/m1/s1. The van der Waals surface area contributed by atoms with Gasteiger partial charge in [0.25, 0.3) is 5.91 Å². The number of aromatic nitrogens is 2. The molecule has 6 rings (SSSR count). The number of urea groups is 1. The number of pyridine rings is 2. The number of benzene rings is 1. The monoisotopic (exact) mass is 540 g/mol. The predicted molar refractivity (Wildman–Crippen MR) is 149 cm³/mol. The number of aliphatic imine (C=N–C) groups is 1. The zero-order valence-electron chi connectivity index (χ0n) is 21.2. The lowest BCUT2D eigenvalue weighted by atomic mass is 10.1. The molecule has 0 radical (unpaired) electrons. The zero-order chi connectivity index (χ0) is 27.1. The first kappa shape index (κ1) is 24.7. The summed E-state index contributed by atoms with van der Waals surface area (Å²) in [6.07, 6.45) is 3.84. The normalized spacial score (nSPS) is 17.4. The van der Waals surface area contributed by atoms with Gasteiger partial charge in [-0.25, -0.2) is 19.8 Å². The second-order valence-electron chi connectivity index (χ2n) is 9.29. The highest BCUT2D eigenvalue weighted by molar-refractivity contribution is 7.21. The van der Waals surface area contributed by atoms with Gasteiger partial charge in [0, 0.05) is 24.9 Å². The van der Waals surface area contributed by atoms with Gasteiger partial charge in [-0.1, -0.05) is 18.2 Å². The van der Waals surface area contributed by atoms with Crippen LogP contribution in [-0.4, -0.2) is 39.6 Å². The maximum Gasteiger partial charge on any atom is 0.331 e. The van der Waals surface area contributed by atoms with Crippen molar-refractivity contribution in [2.75, 3.05) is 10.2 Å². The Morgan fingerprint density at radius 3 is 2.74 bits per heavy atom. The predicted octanol–water partition coefficient (Wildman–Crippen LogP) is 5.75. The molecule has 1 atom stereocenters. The minimum absolute atomic E-state index is 0.284. The Morgan fingerprint density at radius 1 is 1.15 bits per heavy atom. The number of hydrogen-bond donors (Lipinski definition) is 2. The average Bonchev–Trinajstić information content (AvgIpc) is 3.50. The van der Waals surface area contributed by atoms with E-state index < -0.39 is 6.03 Å². The molecule has 4 aromatic rings. The Kier molecular flexibility index (Phi) is 6.27. The highest BCUT2D eigenvalue weighted by Gasteiger charge is 2.34. The smallest absolute Gasteiger partial charge is 0.331 e. The van der Waals surface area contributed by atoms with Crippen LogP contribution >= 0.6 is 11.3 Å². The quantitative estimate of drug-likeness (QED) is 0.332. The third-order valence-electron chi connectivity index (χ3n) is 6.63. The molecule has 2 aliphatic rings. The van der Waals surface area contributed by atoms with Gasteiger partial charge in [0.1, 0.15) is 15.5 Å². The second-order valence-corrected chi connectivity index (χ2v) is 10.3. The van der Waals surface area contributed by atoms with E-state index >= 15 is 0 Å². The maximum atomic E-state index is 13.5. The fraction of sp³-hybridized carbons (Fsp3) is 0.214. The van der Waals surface area contributed by atoms with Gasteiger partial charge in [0.2, 0.25) is 11.8 Å². The van der Waals surface area contributed by atoms with Crippen LogP contribution < -0.4 is 20.3 Å². The third-order valence-corrected chi connectivity index (χ3v) is 7.72. The van der Waals surface area contributed by atoms with Crippen LogP contribution in [0.15, 0.2) is 59.7 Å². The number of carbonyl (C=O) groups excluding carboxylic acids is 3. The number of hydrogen-bond acceptors (Lipinski definition) is 7. The molecule has 1 aliphatic carbocycles. The molecule has 4 heterocycles. The summed E-state index contributed by atoms with van der Waals surface area (Å²) in [4.78, 5) is 53.9. The van der Waals surface area contributed by atoms with Crippen molar-refractivity contribution in [3.8, 4) is 11.6 Å². The number of rotatable bonds is 5. The summed E-state index contributed by atoms with van der Waals surface area (Å²) in [5.74, 6) is 0.453. The van der Waals surface area contributed by atoms with Crippen molar-refractivity contribution in [2.24, 2.45) is 4.99 Å². The summed E-state index contributed by atoms with van der Waals surface area (Å²) in [5.41, 5.74) is 2.89. The molecule has 2 N–H and O–H groups in total. The molecule has 0 saturated heterocycles. The molecule has 1 fully saturated rings. The van der Waals surface area contributed by atoms with E-state index in [9.17, 15) is 14.4 Å². The number of aryl methyl sites for hydroxylation is 1. The van der Waals surface area contributed by atoms with Crippen molar-refractivity contribution < 1.29 is 19.1 Å². The molecular weight excluding hydrogens is 516 g/mol. The van der Waals surface area contributed by atoms with Gasteiger partial charge in [-0.2, -0.15) is 0 Å². The Morgan fingerprint density at radius 2 is 1.97 bits per heavy atom. The number of ether oxygens (including phenoxy) is 1. The lowest BCUT2D eigenvalue weighted by Gasteiger charge is -2.29. The maximum absolute atomic E-state index is 13.5. The van der Waals surface area contributed by atoms with Crippen LogP contribution in [0.5, 0.6) is 11.6 Å². The Labute approximate surface area is 227 Å². The van der Waals surface area contributed by atoms with E-state index in [1.54, 1.807) is 24.4 Å². The highest BCUT2D eigenvalue weighted by Crippen LogP contribution is 2.46. The van der Waals surface area contributed by atoms with Crippen molar-refractivity contribution in [1.82, 2.24) is 15.3 Å². The highest BCUT2D eigenvalue weighted by atomic mass is 32.1. The minimum atomic E-state index is -0.413. The van der Waals surface area contributed by atoms with Gasteiger partial charge in [-0.05, 0) is 50.5 Å². The summed E-state index contributed by atoms with van der Waals surface area (Å²) in [6.45, 7) is 3.21. The Bertz CT molecular complexity index is 1670. The van der Waals surface area contributed by atoms with Crippen molar-refractivity contribution >= 4 is 62.2 Å². The van der Waals surface area contributed by atoms with Crippen molar-refractivity contribution in [1.29, 1.82) is 0 Å². The van der Waals surface area contributed by atoms with Gasteiger partial charge in [0.05, 0.1) is 34.2 Å². The molecule has 39 heavy (non-hydrogen) atoms. The fourth-order valence-electron chi connectivity index (χ4n) is 4.96. The molecule has 4 amide bonds. The van der Waals surface area contributed by atoms with Gasteiger partial charge >= 0.3 is 6.03 Å². The van der Waals surface area contributed by atoms with Crippen LogP contribution in [0.1, 0.15) is 41.6 Å². The molecule has 1 aromatic carbocycles. The van der Waals surface area contributed by atoms with Gasteiger partial charge in [-0.3, -0.25) is 14.5 Å². The summed E-state index contributed by atoms with van der Waals surface area (Å²) in [5, 5.41) is 6.58. The van der Waals surface area contributed by atoms with E-state index in [0.29, 0.717) is 68.0 Å². The average molecular weight is 541 g/mol. The minimum Gasteiger partial charge on any atom is -0.439 e. The van der Waals surface area contributed by atoms with E-state index in [0.717, 1.165) is 6.42 Å². The number of nitrogens with zero attached hydrogens (tertiary/aromatic N) is 4. The largest absolute Gasteiger partial charge is 0.439 e. The summed E-state index contributed by atoms with van der Waals surface area (Å²) < 4.78 is 5.85. The number of amides is 4. The van der Waals surface area contributed by atoms with Crippen LogP contribution in [0.25, 0.3) is 10.2 Å². The molecule has 3 aromatic heterocycles. The lowest BCUT2D eigenvalue weighted by Crippen LogP contribution is -2.39. The first-order valence-electron chi connectivity index (χ1n) is 12.5. The number of nitrogens with one attached hydrogen (secondary N) is 2. The molecule has 10 nitrogen and oxygen atoms in total.